The van der Waals surface area contributed by atoms with Gasteiger partial charge >= 0.3 is 0 Å². The topological polar surface area (TPSA) is 63.8 Å². The summed E-state index contributed by atoms with van der Waals surface area (Å²) >= 11 is 0. The zero-order valence-electron chi connectivity index (χ0n) is 8.52. The van der Waals surface area contributed by atoms with E-state index in [1.54, 1.807) is 0 Å². The summed E-state index contributed by atoms with van der Waals surface area (Å²) in [6, 6.07) is 7.49. The maximum atomic E-state index is 12.5. The summed E-state index contributed by atoms with van der Waals surface area (Å²) in [5.41, 5.74) is 7.37. The lowest BCUT2D eigenvalue weighted by Gasteiger charge is -2.04. The highest BCUT2D eigenvalue weighted by Crippen LogP contribution is 2.08. The van der Waals surface area contributed by atoms with E-state index < -0.39 is 5.82 Å². The normalized spacial score (nSPS) is 10.1. The molecular weight excluding hydrogens is 207 g/mol. The van der Waals surface area contributed by atoms with E-state index >= 15 is 0 Å². The molecule has 3 N–H and O–H groups in total. The van der Waals surface area contributed by atoms with Gasteiger partial charge < -0.3 is 11.1 Å². The summed E-state index contributed by atoms with van der Waals surface area (Å²) in [5, 5.41) is 2.97. The van der Waals surface area contributed by atoms with E-state index in [1.165, 1.54) is 0 Å². The number of nitrogens with one attached hydrogen (secondary N) is 1. The number of halogens is 1. The third kappa shape index (κ3) is 2.66. The average molecular weight is 218 g/mol. The molecule has 5 heteroatoms. The molecule has 0 aliphatic rings. The molecule has 0 amide bonds. The van der Waals surface area contributed by atoms with E-state index in [9.17, 15) is 4.39 Å². The minimum atomic E-state index is -0.450. The molecule has 4 nitrogen and oxygen atoms in total. The number of aromatic nitrogens is 2. The Morgan fingerprint density at radius 3 is 2.69 bits per heavy atom. The fraction of sp³-hybridized carbons (Fsp3) is 0.0909. The number of hydrogen-bond acceptors (Lipinski definition) is 4. The largest absolute Gasteiger partial charge is 0.399 e. The standard InChI is InChI=1S/C11H11FN4/c12-9-6-15-11(16-7-9)14-5-8-2-1-3-10(13)4-8/h1-4,6-7H,5,13H2,(H,14,15,16). The minimum absolute atomic E-state index is 0.392. The quantitative estimate of drug-likeness (QED) is 0.771. The number of hydrogen-bond donors (Lipinski definition) is 2. The van der Waals surface area contributed by atoms with Crippen LogP contribution in [0.25, 0.3) is 0 Å². The Hall–Kier alpha value is -2.17. The van der Waals surface area contributed by atoms with Gasteiger partial charge in [-0.05, 0) is 17.7 Å². The Morgan fingerprint density at radius 2 is 2.00 bits per heavy atom. The van der Waals surface area contributed by atoms with E-state index in [0.29, 0.717) is 18.2 Å². The Balaban J connectivity index is 1.99. The van der Waals surface area contributed by atoms with Crippen LogP contribution in [0.2, 0.25) is 0 Å². The van der Waals surface area contributed by atoms with Crippen LogP contribution in [0.1, 0.15) is 5.56 Å². The zero-order chi connectivity index (χ0) is 11.4. The predicted octanol–water partition coefficient (Wildman–Crippen LogP) is 1.81. The van der Waals surface area contributed by atoms with Gasteiger partial charge in [0.2, 0.25) is 5.95 Å². The summed E-state index contributed by atoms with van der Waals surface area (Å²) in [6.07, 6.45) is 2.24. The lowest BCUT2D eigenvalue weighted by atomic mass is 10.2. The average Bonchev–Trinajstić information content (AvgIpc) is 2.28. The van der Waals surface area contributed by atoms with Crippen molar-refractivity contribution >= 4 is 11.6 Å². The molecule has 0 aliphatic heterocycles. The number of anilines is 2. The molecule has 16 heavy (non-hydrogen) atoms. The van der Waals surface area contributed by atoms with Gasteiger partial charge in [0.05, 0.1) is 12.4 Å². The van der Waals surface area contributed by atoms with Gasteiger partial charge in [-0.25, -0.2) is 14.4 Å². The van der Waals surface area contributed by atoms with Crippen LogP contribution in [0.5, 0.6) is 0 Å². The lowest BCUT2D eigenvalue weighted by Crippen LogP contribution is -2.03. The van der Waals surface area contributed by atoms with Gasteiger partial charge in [-0.15, -0.1) is 0 Å². The van der Waals surface area contributed by atoms with Crippen molar-refractivity contribution in [3.8, 4) is 0 Å². The van der Waals surface area contributed by atoms with Crippen LogP contribution in [-0.2, 0) is 6.54 Å². The minimum Gasteiger partial charge on any atom is -0.399 e. The molecule has 2 aromatic rings. The van der Waals surface area contributed by atoms with Crippen molar-refractivity contribution in [1.82, 2.24) is 9.97 Å². The van der Waals surface area contributed by atoms with Crippen LogP contribution in [0.15, 0.2) is 36.7 Å². The SMILES string of the molecule is Nc1cccc(CNc2ncc(F)cn2)c1. The van der Waals surface area contributed by atoms with E-state index in [4.69, 9.17) is 5.73 Å². The Morgan fingerprint density at radius 1 is 1.25 bits per heavy atom. The second-order valence-corrected chi connectivity index (χ2v) is 3.32. The van der Waals surface area contributed by atoms with Crippen LogP contribution >= 0.6 is 0 Å². The first-order chi connectivity index (χ1) is 7.74. The molecule has 0 spiro atoms. The van der Waals surface area contributed by atoms with Crippen molar-refractivity contribution < 1.29 is 4.39 Å². The highest BCUT2D eigenvalue weighted by atomic mass is 19.1. The van der Waals surface area contributed by atoms with Gasteiger partial charge in [0.15, 0.2) is 5.82 Å². The Kier molecular flexibility index (Phi) is 2.95. The second-order valence-electron chi connectivity index (χ2n) is 3.32. The molecule has 0 bridgehead atoms. The van der Waals surface area contributed by atoms with Gasteiger partial charge in [0.1, 0.15) is 0 Å². The van der Waals surface area contributed by atoms with Crippen molar-refractivity contribution in [2.24, 2.45) is 0 Å². The highest BCUT2D eigenvalue weighted by molar-refractivity contribution is 5.41. The summed E-state index contributed by atoms with van der Waals surface area (Å²) in [5.74, 6) is -0.0571. The van der Waals surface area contributed by atoms with Crippen LogP contribution in [-0.4, -0.2) is 9.97 Å². The van der Waals surface area contributed by atoms with Crippen molar-refractivity contribution in [2.75, 3.05) is 11.1 Å². The van der Waals surface area contributed by atoms with Gasteiger partial charge in [-0.3, -0.25) is 0 Å². The zero-order valence-corrected chi connectivity index (χ0v) is 8.52. The van der Waals surface area contributed by atoms with Crippen molar-refractivity contribution in [3.05, 3.63) is 48.0 Å². The Bertz CT molecular complexity index is 470. The highest BCUT2D eigenvalue weighted by Gasteiger charge is 1.97. The number of rotatable bonds is 3. The molecule has 82 valence electrons. The molecule has 1 heterocycles. The molecule has 2 rings (SSSR count). The molecule has 0 radical (unpaired) electrons. The van der Waals surface area contributed by atoms with Crippen LogP contribution in [0, 0.1) is 5.82 Å². The molecule has 0 saturated heterocycles. The molecular formula is C11H11FN4. The fourth-order valence-corrected chi connectivity index (χ4v) is 1.29. The van der Waals surface area contributed by atoms with E-state index in [1.807, 2.05) is 24.3 Å². The summed E-state index contributed by atoms with van der Waals surface area (Å²) in [4.78, 5) is 7.57. The molecule has 0 saturated carbocycles. The number of nitrogens with two attached hydrogens (primary N) is 1. The van der Waals surface area contributed by atoms with Crippen molar-refractivity contribution in [3.63, 3.8) is 0 Å². The monoisotopic (exact) mass is 218 g/mol. The van der Waals surface area contributed by atoms with Crippen LogP contribution in [0.3, 0.4) is 0 Å². The summed E-state index contributed by atoms with van der Waals surface area (Å²) in [6.45, 7) is 0.552. The Labute approximate surface area is 92.3 Å². The number of nitrogens with zero attached hydrogens (tertiary/aromatic N) is 2. The molecule has 0 aliphatic carbocycles. The fourth-order valence-electron chi connectivity index (χ4n) is 1.29. The first kappa shape index (κ1) is 10.4. The third-order valence-electron chi connectivity index (χ3n) is 2.02. The summed E-state index contributed by atoms with van der Waals surface area (Å²) < 4.78 is 12.5. The second kappa shape index (κ2) is 4.57. The third-order valence-corrected chi connectivity index (χ3v) is 2.02. The van der Waals surface area contributed by atoms with Gasteiger partial charge in [-0.2, -0.15) is 0 Å². The first-order valence-electron chi connectivity index (χ1n) is 4.80. The molecule has 1 aromatic carbocycles. The van der Waals surface area contributed by atoms with Gasteiger partial charge in [-0.1, -0.05) is 12.1 Å². The first-order valence-corrected chi connectivity index (χ1v) is 4.80. The van der Waals surface area contributed by atoms with E-state index in [-0.39, 0.29) is 0 Å². The van der Waals surface area contributed by atoms with Gasteiger partial charge in [0, 0.05) is 12.2 Å². The number of benzene rings is 1. The summed E-state index contributed by atoms with van der Waals surface area (Å²) in [7, 11) is 0. The van der Waals surface area contributed by atoms with Crippen LogP contribution < -0.4 is 11.1 Å². The van der Waals surface area contributed by atoms with E-state index in [2.05, 4.69) is 15.3 Å². The maximum absolute atomic E-state index is 12.5. The van der Waals surface area contributed by atoms with Crippen molar-refractivity contribution in [2.45, 2.75) is 6.54 Å². The smallest absolute Gasteiger partial charge is 0.223 e. The maximum Gasteiger partial charge on any atom is 0.223 e. The lowest BCUT2D eigenvalue weighted by molar-refractivity contribution is 0.614. The molecule has 0 unspecified atom stereocenters. The molecule has 1 aromatic heterocycles. The van der Waals surface area contributed by atoms with Crippen molar-refractivity contribution in [1.29, 1.82) is 0 Å². The van der Waals surface area contributed by atoms with E-state index in [0.717, 1.165) is 18.0 Å². The molecule has 0 fully saturated rings. The molecule has 0 atom stereocenters. The predicted molar refractivity (Wildman–Crippen MR) is 60.2 cm³/mol. The van der Waals surface area contributed by atoms with Crippen LogP contribution in [0.4, 0.5) is 16.0 Å². The van der Waals surface area contributed by atoms with Gasteiger partial charge in [0.25, 0.3) is 0 Å². The number of nitrogen functional groups attached to an aromatic ring is 1.